The van der Waals surface area contributed by atoms with E-state index in [0.29, 0.717) is 22.1 Å². The molecule has 1 unspecified atom stereocenters. The van der Waals surface area contributed by atoms with E-state index in [1.165, 1.54) is 0 Å². The molecule has 3 rings (SSSR count). The van der Waals surface area contributed by atoms with Crippen molar-refractivity contribution in [3.8, 4) is 5.75 Å². The van der Waals surface area contributed by atoms with Gasteiger partial charge in [-0.3, -0.25) is 0 Å². The highest BCUT2D eigenvalue weighted by molar-refractivity contribution is 7.91. The minimum Gasteiger partial charge on any atom is -0.491 e. The first-order valence-corrected chi connectivity index (χ1v) is 9.87. The van der Waals surface area contributed by atoms with Gasteiger partial charge < -0.3 is 9.47 Å². The molecule has 1 fully saturated rings. The van der Waals surface area contributed by atoms with E-state index in [4.69, 9.17) is 9.47 Å². The van der Waals surface area contributed by atoms with Crippen LogP contribution in [0.1, 0.15) is 31.9 Å². The Morgan fingerprint density at radius 3 is 2.48 bits per heavy atom. The van der Waals surface area contributed by atoms with Crippen molar-refractivity contribution in [3.63, 3.8) is 0 Å². The number of aryl methyl sites for hydroxylation is 1. The number of hydrogen-bond acceptors (Lipinski definition) is 4. The van der Waals surface area contributed by atoms with Crippen molar-refractivity contribution >= 4 is 9.84 Å². The Bertz CT molecular complexity index is 875. The summed E-state index contributed by atoms with van der Waals surface area (Å²) in [6.45, 7) is 9.13. The molecule has 1 aliphatic heterocycles. The molecule has 0 aromatic heterocycles. The van der Waals surface area contributed by atoms with Gasteiger partial charge in [0.1, 0.15) is 18.5 Å². The first-order chi connectivity index (χ1) is 11.7. The second-order valence-corrected chi connectivity index (χ2v) is 9.41. The van der Waals surface area contributed by atoms with Crippen molar-refractivity contribution in [1.29, 1.82) is 0 Å². The molecule has 0 bridgehead atoms. The molecule has 1 atom stereocenters. The van der Waals surface area contributed by atoms with Crippen LogP contribution in [0.25, 0.3) is 0 Å². The maximum atomic E-state index is 13.2. The SMILES string of the molecule is Cc1cccc(S(=O)(=O)c2ccc(OCC3CO3)cc2C(C)(C)C)c1. The van der Waals surface area contributed by atoms with E-state index >= 15 is 0 Å². The van der Waals surface area contributed by atoms with Gasteiger partial charge in [-0.05, 0) is 53.8 Å². The zero-order valence-corrected chi connectivity index (χ0v) is 15.9. The average molecular weight is 360 g/mol. The van der Waals surface area contributed by atoms with Crippen LogP contribution in [0.3, 0.4) is 0 Å². The lowest BCUT2D eigenvalue weighted by atomic mass is 9.87. The van der Waals surface area contributed by atoms with Crippen LogP contribution in [0.4, 0.5) is 0 Å². The maximum absolute atomic E-state index is 13.2. The number of sulfone groups is 1. The van der Waals surface area contributed by atoms with Crippen molar-refractivity contribution in [1.82, 2.24) is 0 Å². The summed E-state index contributed by atoms with van der Waals surface area (Å²) in [4.78, 5) is 0.652. The van der Waals surface area contributed by atoms with Gasteiger partial charge in [0.25, 0.3) is 0 Å². The van der Waals surface area contributed by atoms with Crippen LogP contribution < -0.4 is 4.74 Å². The molecular formula is C20H24O4S. The predicted molar refractivity (Wildman–Crippen MR) is 97.0 cm³/mol. The number of hydrogen-bond donors (Lipinski definition) is 0. The van der Waals surface area contributed by atoms with Crippen LogP contribution >= 0.6 is 0 Å². The average Bonchev–Trinajstić information content (AvgIpc) is 3.36. The van der Waals surface area contributed by atoms with E-state index in [1.807, 2.05) is 39.8 Å². The van der Waals surface area contributed by atoms with Gasteiger partial charge in [0.05, 0.1) is 16.4 Å². The maximum Gasteiger partial charge on any atom is 0.206 e. The van der Waals surface area contributed by atoms with Crippen LogP contribution in [0, 0.1) is 6.92 Å². The van der Waals surface area contributed by atoms with E-state index < -0.39 is 9.84 Å². The molecule has 5 heteroatoms. The number of benzene rings is 2. The van der Waals surface area contributed by atoms with Gasteiger partial charge in [-0.25, -0.2) is 8.42 Å². The zero-order valence-electron chi connectivity index (χ0n) is 15.1. The Morgan fingerprint density at radius 2 is 1.88 bits per heavy atom. The summed E-state index contributed by atoms with van der Waals surface area (Å²) in [5, 5.41) is 0. The second kappa shape index (κ2) is 6.46. The van der Waals surface area contributed by atoms with Crippen molar-refractivity contribution in [2.45, 2.75) is 49.0 Å². The molecule has 1 aliphatic rings. The van der Waals surface area contributed by atoms with E-state index in [-0.39, 0.29) is 11.5 Å². The smallest absolute Gasteiger partial charge is 0.206 e. The molecule has 0 saturated carbocycles. The van der Waals surface area contributed by atoms with E-state index in [9.17, 15) is 8.42 Å². The Balaban J connectivity index is 2.04. The summed E-state index contributed by atoms with van der Waals surface area (Å²) in [5.41, 5.74) is 1.34. The summed E-state index contributed by atoms with van der Waals surface area (Å²) in [5.74, 6) is 0.670. The number of ether oxygens (including phenoxy) is 2. The second-order valence-electron chi connectivity index (χ2n) is 7.49. The van der Waals surface area contributed by atoms with E-state index in [0.717, 1.165) is 17.7 Å². The summed E-state index contributed by atoms with van der Waals surface area (Å²) in [7, 11) is -3.59. The lowest BCUT2D eigenvalue weighted by molar-refractivity contribution is 0.262. The number of epoxide rings is 1. The third-order valence-electron chi connectivity index (χ3n) is 4.19. The topological polar surface area (TPSA) is 55.9 Å². The molecule has 0 spiro atoms. The molecule has 25 heavy (non-hydrogen) atoms. The minimum atomic E-state index is -3.59. The number of rotatable bonds is 5. The predicted octanol–water partition coefficient (Wildman–Crippen LogP) is 3.90. The van der Waals surface area contributed by atoms with Crippen molar-refractivity contribution < 1.29 is 17.9 Å². The zero-order chi connectivity index (χ0) is 18.2. The molecule has 0 radical (unpaired) electrons. The molecule has 4 nitrogen and oxygen atoms in total. The van der Waals surface area contributed by atoms with Crippen LogP contribution in [0.2, 0.25) is 0 Å². The first-order valence-electron chi connectivity index (χ1n) is 8.38. The molecule has 1 saturated heterocycles. The first kappa shape index (κ1) is 18.0. The molecule has 0 aliphatic carbocycles. The van der Waals surface area contributed by atoms with Gasteiger partial charge >= 0.3 is 0 Å². The lowest BCUT2D eigenvalue weighted by Gasteiger charge is -2.24. The largest absolute Gasteiger partial charge is 0.491 e. The normalized spacial score (nSPS) is 17.4. The molecule has 2 aromatic carbocycles. The van der Waals surface area contributed by atoms with Gasteiger partial charge in [-0.2, -0.15) is 0 Å². The summed E-state index contributed by atoms with van der Waals surface area (Å²) < 4.78 is 37.3. The minimum absolute atomic E-state index is 0.161. The fourth-order valence-electron chi connectivity index (χ4n) is 2.68. The van der Waals surface area contributed by atoms with E-state index in [2.05, 4.69) is 0 Å². The monoisotopic (exact) mass is 360 g/mol. The van der Waals surface area contributed by atoms with Crippen LogP contribution in [-0.2, 0) is 20.0 Å². The van der Waals surface area contributed by atoms with Gasteiger partial charge in [0.2, 0.25) is 9.84 Å². The highest BCUT2D eigenvalue weighted by Crippen LogP contribution is 2.35. The van der Waals surface area contributed by atoms with Crippen molar-refractivity contribution in [2.75, 3.05) is 13.2 Å². The van der Waals surface area contributed by atoms with Crippen molar-refractivity contribution in [3.05, 3.63) is 53.6 Å². The highest BCUT2D eigenvalue weighted by atomic mass is 32.2. The van der Waals surface area contributed by atoms with Gasteiger partial charge in [0.15, 0.2) is 0 Å². The van der Waals surface area contributed by atoms with E-state index in [1.54, 1.807) is 30.3 Å². The summed E-state index contributed by atoms with van der Waals surface area (Å²) in [6.07, 6.45) is 0.161. The quantitative estimate of drug-likeness (QED) is 0.759. The Labute approximate surface area is 149 Å². The van der Waals surface area contributed by atoms with Crippen LogP contribution in [0.5, 0.6) is 5.75 Å². The third kappa shape index (κ3) is 4.05. The lowest BCUT2D eigenvalue weighted by Crippen LogP contribution is -2.18. The fraction of sp³-hybridized carbons (Fsp3) is 0.400. The Morgan fingerprint density at radius 1 is 1.16 bits per heavy atom. The van der Waals surface area contributed by atoms with Gasteiger partial charge in [0, 0.05) is 0 Å². The third-order valence-corrected chi connectivity index (χ3v) is 6.00. The van der Waals surface area contributed by atoms with Crippen LogP contribution in [0.15, 0.2) is 52.3 Å². The highest BCUT2D eigenvalue weighted by Gasteiger charge is 2.28. The summed E-state index contributed by atoms with van der Waals surface area (Å²) >= 11 is 0. The Kier molecular flexibility index (Phi) is 4.64. The Hall–Kier alpha value is -1.85. The van der Waals surface area contributed by atoms with Crippen LogP contribution in [-0.4, -0.2) is 27.7 Å². The standard InChI is InChI=1S/C20H24O4S/c1-14-6-5-7-17(10-14)25(21,22)19-9-8-15(23-12-16-13-24-16)11-18(19)20(2,3)4/h5-11,16H,12-13H2,1-4H3. The molecule has 2 aromatic rings. The van der Waals surface area contributed by atoms with Gasteiger partial charge in [-0.1, -0.05) is 32.9 Å². The molecule has 134 valence electrons. The molecule has 1 heterocycles. The molecule has 0 N–H and O–H groups in total. The van der Waals surface area contributed by atoms with Gasteiger partial charge in [-0.15, -0.1) is 0 Å². The fourth-order valence-corrected chi connectivity index (χ4v) is 4.44. The van der Waals surface area contributed by atoms with Crippen molar-refractivity contribution in [2.24, 2.45) is 0 Å². The summed E-state index contributed by atoms with van der Waals surface area (Å²) in [6, 6.07) is 12.2. The molecule has 0 amide bonds. The molecular weight excluding hydrogens is 336 g/mol.